The molecule has 17 rings (SSSR count). The molecule has 1 aliphatic carbocycles. The van der Waals surface area contributed by atoms with Gasteiger partial charge in [0.2, 0.25) is 23.6 Å². The van der Waals surface area contributed by atoms with Crippen molar-refractivity contribution in [3.63, 3.8) is 0 Å². The Balaban J connectivity index is 0.000000150. The molecular weight excluding hydrogens is 1640 g/mol. The lowest BCUT2D eigenvalue weighted by atomic mass is 9.85. The largest absolute Gasteiger partial charge is 0.351 e. The van der Waals surface area contributed by atoms with Gasteiger partial charge in [-0.05, 0) is 178 Å². The average Bonchev–Trinajstić information content (AvgIpc) is 1.67. The molecule has 6 atom stereocenters. The Bertz CT molecular complexity index is 5680. The van der Waals surface area contributed by atoms with E-state index in [0.717, 1.165) is 72.1 Å². The molecule has 3 saturated heterocycles. The lowest BCUT2D eigenvalue weighted by Crippen LogP contribution is -2.49. The smallest absolute Gasteiger partial charge is 0.251 e. The van der Waals surface area contributed by atoms with E-state index in [1.54, 1.807) is 18.2 Å². The first-order valence-electron chi connectivity index (χ1n) is 47.1. The number of carbonyl (C=O) groups excluding carboxylic acids is 6. The number of aryl methyl sites for hydroxylation is 2. The van der Waals surface area contributed by atoms with Crippen LogP contribution in [0.3, 0.4) is 0 Å². The maximum atomic E-state index is 14.2. The molecule has 3 aliphatic heterocycles. The third-order valence-corrected chi connectivity index (χ3v) is 26.6. The van der Waals surface area contributed by atoms with Gasteiger partial charge in [0.15, 0.2) is 0 Å². The summed E-state index contributed by atoms with van der Waals surface area (Å²) in [4.78, 5) is 87.7. The third-order valence-electron chi connectivity index (χ3n) is 26.4. The molecule has 16 heteroatoms. The average molecular weight is 1760 g/mol. The Hall–Kier alpha value is -12.9. The van der Waals surface area contributed by atoms with Crippen LogP contribution in [-0.2, 0) is 32.0 Å². The molecule has 0 spiro atoms. The van der Waals surface area contributed by atoms with E-state index in [0.29, 0.717) is 93.8 Å². The van der Waals surface area contributed by atoms with Gasteiger partial charge in [0.05, 0.1) is 18.1 Å². The summed E-state index contributed by atoms with van der Waals surface area (Å²) in [7, 11) is 0. The minimum absolute atomic E-state index is 0.0246. The van der Waals surface area contributed by atoms with E-state index in [4.69, 9.17) is 11.6 Å². The zero-order valence-electron chi connectivity index (χ0n) is 74.8. The number of nitrogens with one attached hydrogen (secondary N) is 6. The first-order valence-corrected chi connectivity index (χ1v) is 47.5. The number of benzene rings is 13. The number of hydrogen-bond acceptors (Lipinski definition) is 9. The normalized spacial score (nSPS) is 18.0. The molecule has 4 fully saturated rings. The van der Waals surface area contributed by atoms with Crippen molar-refractivity contribution in [1.29, 1.82) is 0 Å². The molecule has 6 N–H and O–H groups in total. The number of rotatable bonds is 31. The number of amides is 6. The van der Waals surface area contributed by atoms with Gasteiger partial charge in [0.25, 0.3) is 11.8 Å². The predicted molar refractivity (Wildman–Crippen MR) is 531 cm³/mol. The number of halogens is 1. The van der Waals surface area contributed by atoms with Crippen molar-refractivity contribution in [3.05, 3.63) is 424 Å². The highest BCUT2D eigenvalue weighted by Crippen LogP contribution is 2.34. The second-order valence-electron chi connectivity index (χ2n) is 35.4. The number of nitrogens with zero attached hydrogens (tertiary/aromatic N) is 3. The highest BCUT2D eigenvalue weighted by Gasteiger charge is 2.37. The molecule has 4 aliphatic rings. The van der Waals surface area contributed by atoms with Crippen LogP contribution in [0.1, 0.15) is 166 Å². The molecule has 131 heavy (non-hydrogen) atoms. The minimum atomic E-state index is -0.346. The van der Waals surface area contributed by atoms with Crippen molar-refractivity contribution >= 4 is 74.7 Å². The van der Waals surface area contributed by atoms with Crippen molar-refractivity contribution in [2.24, 2.45) is 5.92 Å². The molecule has 15 nitrogen and oxygen atoms in total. The molecule has 1 saturated carbocycles. The van der Waals surface area contributed by atoms with Gasteiger partial charge in [-0.3, -0.25) is 28.8 Å². The summed E-state index contributed by atoms with van der Waals surface area (Å²) in [5.74, 6) is 1.04. The molecular formula is C115H122ClN9O6. The van der Waals surface area contributed by atoms with Gasteiger partial charge in [-0.1, -0.05) is 359 Å². The third kappa shape index (κ3) is 27.1. The second kappa shape index (κ2) is 48.1. The van der Waals surface area contributed by atoms with E-state index in [1.807, 2.05) is 174 Å². The molecule has 0 aromatic heterocycles. The van der Waals surface area contributed by atoms with E-state index in [1.165, 1.54) is 82.7 Å². The van der Waals surface area contributed by atoms with Crippen LogP contribution in [0.5, 0.6) is 0 Å². The maximum absolute atomic E-state index is 14.2. The fourth-order valence-electron chi connectivity index (χ4n) is 19.0. The van der Waals surface area contributed by atoms with E-state index in [9.17, 15) is 28.8 Å². The number of fused-ring (bicyclic) bond motifs is 2. The van der Waals surface area contributed by atoms with Crippen LogP contribution in [0.2, 0.25) is 5.02 Å². The van der Waals surface area contributed by atoms with Gasteiger partial charge in [-0.25, -0.2) is 0 Å². The molecule has 0 unspecified atom stereocenters. The molecule has 6 amide bonds. The first kappa shape index (κ1) is 92.8. The molecule has 0 bridgehead atoms. The van der Waals surface area contributed by atoms with Crippen LogP contribution >= 0.6 is 11.6 Å². The van der Waals surface area contributed by atoms with Gasteiger partial charge in [0.1, 0.15) is 0 Å². The van der Waals surface area contributed by atoms with E-state index in [-0.39, 0.29) is 89.4 Å². The highest BCUT2D eigenvalue weighted by atomic mass is 35.5. The van der Waals surface area contributed by atoms with Crippen molar-refractivity contribution in [2.75, 3.05) is 58.9 Å². The Kier molecular flexibility index (Phi) is 34.1. The second-order valence-corrected chi connectivity index (χ2v) is 35.8. The Morgan fingerprint density at radius 3 is 1.00 bits per heavy atom. The van der Waals surface area contributed by atoms with Gasteiger partial charge in [0, 0.05) is 117 Å². The van der Waals surface area contributed by atoms with Gasteiger partial charge < -0.3 is 46.6 Å². The zero-order valence-corrected chi connectivity index (χ0v) is 75.6. The van der Waals surface area contributed by atoms with Crippen molar-refractivity contribution in [1.82, 2.24) is 46.6 Å². The van der Waals surface area contributed by atoms with Crippen LogP contribution < -0.4 is 31.9 Å². The van der Waals surface area contributed by atoms with Gasteiger partial charge >= 0.3 is 0 Å². The summed E-state index contributed by atoms with van der Waals surface area (Å²) < 4.78 is 0. The Labute approximate surface area is 777 Å². The molecule has 3 heterocycles. The van der Waals surface area contributed by atoms with Crippen molar-refractivity contribution < 1.29 is 28.8 Å². The van der Waals surface area contributed by atoms with Crippen molar-refractivity contribution in [3.8, 4) is 0 Å². The highest BCUT2D eigenvalue weighted by molar-refractivity contribution is 6.30. The molecule has 13 aromatic rings. The van der Waals surface area contributed by atoms with Gasteiger partial charge in [-0.15, -0.1) is 0 Å². The van der Waals surface area contributed by atoms with E-state index < -0.39 is 0 Å². The minimum Gasteiger partial charge on any atom is -0.351 e. The predicted octanol–water partition coefficient (Wildman–Crippen LogP) is 20.4. The summed E-state index contributed by atoms with van der Waals surface area (Å²) >= 11 is 5.97. The lowest BCUT2D eigenvalue weighted by Gasteiger charge is -2.30. The summed E-state index contributed by atoms with van der Waals surface area (Å²) in [5.41, 5.74) is 11.9. The van der Waals surface area contributed by atoms with E-state index >= 15 is 0 Å². The van der Waals surface area contributed by atoms with Crippen LogP contribution in [0.4, 0.5) is 0 Å². The topological polar surface area (TPSA) is 184 Å². The molecule has 0 radical (unpaired) electrons. The Morgan fingerprint density at radius 1 is 0.336 bits per heavy atom. The maximum Gasteiger partial charge on any atom is 0.251 e. The number of carbonyl (C=O) groups is 6. The van der Waals surface area contributed by atoms with Crippen molar-refractivity contribution in [2.45, 2.75) is 144 Å². The zero-order chi connectivity index (χ0) is 90.1. The van der Waals surface area contributed by atoms with Crippen LogP contribution in [-0.4, -0.2) is 145 Å². The fraction of sp³-hybridized carbons (Fsp3) is 0.287. The standard InChI is InChI=1S/C39H45N3O2.C39H39N3O2.C37H38ClN3O2/c2*43-38(34-22-21-30-14-10-11-19-33(30)26-34)40-27-35-24-25-42(39(44)37(41-35)23-20-29-12-4-1-5-13-29)28-36(31-15-6-2-7-16-31)32-17-8-3-9-18-32;38-32-20-16-29(17-21-32)19-23-36(42)39-26-33-24-25-41(37(43)35(40-33)22-18-28-10-4-1-5-11-28)27-34(30-12-6-2-7-13-30)31-14-8-3-9-15-31/h2-3,6-11,14-19,21-22,26,29,35-37,41H,1,4-5,12-13,20,23-25,27-28H2,(H,40,43);1-19,21-22,26,35-37,41H,20,23-25,27-28H2,(H,40,43);1-17,19-21,23,33-35,40H,18,22,24-27H2,(H,39,42)/b;;23-19+/t2*35-,37-;33-,35-/m000/s1. The summed E-state index contributed by atoms with van der Waals surface area (Å²) in [6.07, 6.45) is 17.0. The van der Waals surface area contributed by atoms with Crippen LogP contribution in [0.25, 0.3) is 27.6 Å². The number of hydrogen-bond donors (Lipinski definition) is 6. The fourth-order valence-corrected chi connectivity index (χ4v) is 19.1. The molecule has 670 valence electrons. The summed E-state index contributed by atoms with van der Waals surface area (Å²) in [6.45, 7) is 5.14. The monoisotopic (exact) mass is 1760 g/mol. The van der Waals surface area contributed by atoms with Gasteiger partial charge in [-0.2, -0.15) is 0 Å². The van der Waals surface area contributed by atoms with Crippen LogP contribution in [0.15, 0.2) is 358 Å². The van der Waals surface area contributed by atoms with Crippen LogP contribution in [0, 0.1) is 5.92 Å². The quantitative estimate of drug-likeness (QED) is 0.0230. The first-order chi connectivity index (χ1) is 64.3. The summed E-state index contributed by atoms with van der Waals surface area (Å²) in [5, 5.41) is 25.3. The molecule has 13 aromatic carbocycles. The Morgan fingerprint density at radius 2 is 0.649 bits per heavy atom. The van der Waals surface area contributed by atoms with E-state index in [2.05, 4.69) is 213 Å². The lowest BCUT2D eigenvalue weighted by molar-refractivity contribution is -0.133. The SMILES string of the molecule is O=C(/C=C/c1ccc(Cl)cc1)NC[C@@H]1CCN(CC(c2ccccc2)c2ccccc2)C(=O)[C@H](CCc2ccccc2)N1.O=C(NC[C@@H]1CCN(CC(c2ccccc2)c2ccccc2)C(=O)[C@H](CCC2CCCCC2)N1)c1ccc2ccccc2c1.O=C(NC[C@@H]1CCN(CC(c2ccccc2)c2ccccc2)C(=O)[C@H](CCc2ccccc2)N1)c1ccc2ccccc2c1. The summed E-state index contributed by atoms with van der Waals surface area (Å²) in [6, 6.07) is 118.